The molecule has 0 aliphatic carbocycles. The van der Waals surface area contributed by atoms with Gasteiger partial charge >= 0.3 is 6.36 Å². The maximum Gasteiger partial charge on any atom is 0.573 e. The van der Waals surface area contributed by atoms with Crippen LogP contribution in [0.4, 0.5) is 17.6 Å². The quantitative estimate of drug-likeness (QED) is 0.719. The van der Waals surface area contributed by atoms with Crippen molar-refractivity contribution in [2.45, 2.75) is 40.0 Å². The molecule has 0 aromatic heterocycles. The predicted octanol–water partition coefficient (Wildman–Crippen LogP) is 4.70. The van der Waals surface area contributed by atoms with E-state index in [1.165, 1.54) is 0 Å². The summed E-state index contributed by atoms with van der Waals surface area (Å²) in [6.07, 6.45) is -3.69. The van der Waals surface area contributed by atoms with Gasteiger partial charge in [0.25, 0.3) is 0 Å². The Morgan fingerprint density at radius 3 is 2.22 bits per heavy atom. The molecule has 0 amide bonds. The van der Waals surface area contributed by atoms with Gasteiger partial charge in [0.1, 0.15) is 11.6 Å². The Hall–Kier alpha value is -1.26. The summed E-state index contributed by atoms with van der Waals surface area (Å²) in [5, 5.41) is 0. The average Bonchev–Trinajstić information content (AvgIpc) is 2.15. The fourth-order valence-electron chi connectivity index (χ4n) is 1.45. The van der Waals surface area contributed by atoms with Gasteiger partial charge in [-0.1, -0.05) is 20.8 Å². The van der Waals surface area contributed by atoms with Crippen molar-refractivity contribution < 1.29 is 22.3 Å². The Kier molecular flexibility index (Phi) is 4.24. The van der Waals surface area contributed by atoms with Gasteiger partial charge in [0.15, 0.2) is 0 Å². The highest BCUT2D eigenvalue weighted by molar-refractivity contribution is 5.30. The first kappa shape index (κ1) is 14.8. The highest BCUT2D eigenvalue weighted by atomic mass is 19.4. The molecule has 1 aromatic carbocycles. The second-order valence-electron chi connectivity index (χ2n) is 5.36. The number of hydrogen-bond acceptors (Lipinski definition) is 1. The zero-order chi connectivity index (χ0) is 14.0. The molecule has 1 rings (SSSR count). The lowest BCUT2D eigenvalue weighted by Gasteiger charge is -2.18. The topological polar surface area (TPSA) is 9.23 Å². The van der Waals surface area contributed by atoms with Gasteiger partial charge in [0, 0.05) is 0 Å². The summed E-state index contributed by atoms with van der Waals surface area (Å²) in [4.78, 5) is 0. The minimum atomic E-state index is -4.75. The molecule has 18 heavy (non-hydrogen) atoms. The third kappa shape index (κ3) is 5.38. The van der Waals surface area contributed by atoms with Gasteiger partial charge in [-0.25, -0.2) is 4.39 Å². The highest BCUT2D eigenvalue weighted by Gasteiger charge is 2.31. The maximum atomic E-state index is 13.4. The number of rotatable bonds is 3. The average molecular weight is 264 g/mol. The molecule has 0 spiro atoms. The minimum absolute atomic E-state index is 0.00662. The van der Waals surface area contributed by atoms with Gasteiger partial charge in [0.05, 0.1) is 0 Å². The first-order valence-electron chi connectivity index (χ1n) is 5.61. The zero-order valence-electron chi connectivity index (χ0n) is 10.6. The third-order valence-corrected chi connectivity index (χ3v) is 2.40. The zero-order valence-corrected chi connectivity index (χ0v) is 10.6. The van der Waals surface area contributed by atoms with Crippen LogP contribution in [0.15, 0.2) is 18.2 Å². The SMILES string of the molecule is CC(C)(C)CCc1cc(OC(F)(F)F)ccc1F. The van der Waals surface area contributed by atoms with E-state index in [2.05, 4.69) is 4.74 Å². The lowest BCUT2D eigenvalue weighted by Crippen LogP contribution is -2.17. The molecule has 0 bridgehead atoms. The maximum absolute atomic E-state index is 13.4. The number of halogens is 4. The largest absolute Gasteiger partial charge is 0.573 e. The lowest BCUT2D eigenvalue weighted by atomic mass is 9.88. The van der Waals surface area contributed by atoms with Crippen LogP contribution in [0.2, 0.25) is 0 Å². The molecule has 0 atom stereocenters. The molecule has 1 aromatic rings. The van der Waals surface area contributed by atoms with Crippen LogP contribution in [0.1, 0.15) is 32.8 Å². The van der Waals surface area contributed by atoms with E-state index in [1.54, 1.807) is 0 Å². The lowest BCUT2D eigenvalue weighted by molar-refractivity contribution is -0.274. The molecular weight excluding hydrogens is 248 g/mol. The summed E-state index contributed by atoms with van der Waals surface area (Å²) in [7, 11) is 0. The molecule has 0 radical (unpaired) electrons. The van der Waals surface area contributed by atoms with Gasteiger partial charge in [-0.3, -0.25) is 0 Å². The van der Waals surface area contributed by atoms with E-state index in [0.29, 0.717) is 12.8 Å². The van der Waals surface area contributed by atoms with Gasteiger partial charge in [-0.15, -0.1) is 13.2 Å². The molecule has 0 heterocycles. The van der Waals surface area contributed by atoms with E-state index < -0.39 is 12.2 Å². The van der Waals surface area contributed by atoms with E-state index in [4.69, 9.17) is 0 Å². The van der Waals surface area contributed by atoms with Crippen LogP contribution < -0.4 is 4.74 Å². The fourth-order valence-corrected chi connectivity index (χ4v) is 1.45. The number of aryl methyl sites for hydroxylation is 1. The first-order chi connectivity index (χ1) is 8.07. The second kappa shape index (κ2) is 5.16. The summed E-state index contributed by atoms with van der Waals surface area (Å²) in [5.41, 5.74) is 0.236. The fraction of sp³-hybridized carbons (Fsp3) is 0.538. The van der Waals surface area contributed by atoms with Crippen LogP contribution in [0.5, 0.6) is 5.75 Å². The molecule has 0 aliphatic heterocycles. The smallest absolute Gasteiger partial charge is 0.406 e. The monoisotopic (exact) mass is 264 g/mol. The van der Waals surface area contributed by atoms with Crippen LogP contribution in [0, 0.1) is 11.2 Å². The van der Waals surface area contributed by atoms with Crippen LogP contribution in [0.25, 0.3) is 0 Å². The van der Waals surface area contributed by atoms with Crippen molar-refractivity contribution >= 4 is 0 Å². The molecule has 0 fully saturated rings. The normalized spacial score (nSPS) is 12.6. The van der Waals surface area contributed by atoms with Gasteiger partial charge in [0.2, 0.25) is 0 Å². The van der Waals surface area contributed by atoms with Crippen molar-refractivity contribution in [1.29, 1.82) is 0 Å². The molecule has 0 aliphatic rings. The van der Waals surface area contributed by atoms with E-state index in [-0.39, 0.29) is 16.7 Å². The Morgan fingerprint density at radius 1 is 1.11 bits per heavy atom. The van der Waals surface area contributed by atoms with E-state index in [0.717, 1.165) is 18.2 Å². The molecule has 0 saturated carbocycles. The number of ether oxygens (including phenoxy) is 1. The van der Waals surface area contributed by atoms with Crippen LogP contribution >= 0.6 is 0 Å². The van der Waals surface area contributed by atoms with Crippen LogP contribution in [0.3, 0.4) is 0 Å². The van der Waals surface area contributed by atoms with E-state index >= 15 is 0 Å². The van der Waals surface area contributed by atoms with Crippen LogP contribution in [-0.2, 0) is 6.42 Å². The summed E-state index contributed by atoms with van der Waals surface area (Å²) in [6, 6.07) is 3.08. The number of hydrogen-bond donors (Lipinski definition) is 0. The van der Waals surface area contributed by atoms with Crippen molar-refractivity contribution in [2.24, 2.45) is 5.41 Å². The molecule has 1 nitrogen and oxygen atoms in total. The number of alkyl halides is 3. The first-order valence-corrected chi connectivity index (χ1v) is 5.61. The standard InChI is InChI=1S/C13H16F4O/c1-12(2,3)7-6-9-8-10(4-5-11(9)14)18-13(15,16)17/h4-5,8H,6-7H2,1-3H3. The molecular formula is C13H16F4O. The van der Waals surface area contributed by atoms with Gasteiger partial charge in [-0.2, -0.15) is 0 Å². The van der Waals surface area contributed by atoms with Crippen molar-refractivity contribution in [2.75, 3.05) is 0 Å². The second-order valence-corrected chi connectivity index (χ2v) is 5.36. The summed E-state index contributed by atoms with van der Waals surface area (Å²) >= 11 is 0. The number of benzene rings is 1. The van der Waals surface area contributed by atoms with Gasteiger partial charge < -0.3 is 4.74 Å². The Bertz CT molecular complexity index is 404. The predicted molar refractivity (Wildman–Crippen MR) is 60.9 cm³/mol. The van der Waals surface area contributed by atoms with Crippen molar-refractivity contribution in [3.05, 3.63) is 29.6 Å². The van der Waals surface area contributed by atoms with Crippen molar-refractivity contribution in [3.8, 4) is 5.75 Å². The van der Waals surface area contributed by atoms with E-state index in [9.17, 15) is 17.6 Å². The minimum Gasteiger partial charge on any atom is -0.406 e. The van der Waals surface area contributed by atoms with Crippen LogP contribution in [-0.4, -0.2) is 6.36 Å². The Morgan fingerprint density at radius 2 is 1.72 bits per heavy atom. The van der Waals surface area contributed by atoms with Crippen molar-refractivity contribution in [3.63, 3.8) is 0 Å². The van der Waals surface area contributed by atoms with Gasteiger partial charge in [-0.05, 0) is 42.0 Å². The molecule has 5 heteroatoms. The Balaban J connectivity index is 2.82. The molecule has 0 N–H and O–H groups in total. The highest BCUT2D eigenvalue weighted by Crippen LogP contribution is 2.27. The van der Waals surface area contributed by atoms with E-state index in [1.807, 2.05) is 20.8 Å². The summed E-state index contributed by atoms with van der Waals surface area (Å²) in [5.74, 6) is -0.887. The molecule has 0 saturated heterocycles. The molecule has 0 unspecified atom stereocenters. The third-order valence-electron chi connectivity index (χ3n) is 2.40. The summed E-state index contributed by atoms with van der Waals surface area (Å²) < 4.78 is 53.3. The Labute approximate surface area is 104 Å². The van der Waals surface area contributed by atoms with Crippen molar-refractivity contribution in [1.82, 2.24) is 0 Å². The molecule has 102 valence electrons. The summed E-state index contributed by atoms with van der Waals surface area (Å²) in [6.45, 7) is 5.96.